The first kappa shape index (κ1) is 11.5. The summed E-state index contributed by atoms with van der Waals surface area (Å²) in [6.07, 6.45) is 1.48. The van der Waals surface area contributed by atoms with E-state index in [9.17, 15) is 0 Å². The number of hydrogen-bond donors (Lipinski definition) is 2. The zero-order valence-corrected chi connectivity index (χ0v) is 9.90. The highest BCUT2D eigenvalue weighted by Crippen LogP contribution is 2.24. The number of aromatic nitrogens is 2. The second kappa shape index (κ2) is 4.88. The minimum Gasteiger partial charge on any atom is -0.467 e. The van der Waals surface area contributed by atoms with E-state index in [0.29, 0.717) is 16.5 Å². The topological polar surface area (TPSA) is 73.1 Å². The zero-order valence-electron chi connectivity index (χ0n) is 9.14. The van der Waals surface area contributed by atoms with Crippen LogP contribution in [0.3, 0.4) is 0 Å². The minimum atomic E-state index is 0.257. The van der Waals surface area contributed by atoms with Gasteiger partial charge in [0.05, 0.1) is 13.3 Å². The van der Waals surface area contributed by atoms with Crippen molar-refractivity contribution in [1.82, 2.24) is 9.97 Å². The fourth-order valence-electron chi connectivity index (χ4n) is 1.24. The van der Waals surface area contributed by atoms with Crippen molar-refractivity contribution in [2.75, 3.05) is 18.2 Å². The normalized spacial score (nSPS) is 10.0. The summed E-state index contributed by atoms with van der Waals surface area (Å²) >= 11 is 5.97. The molecular formula is C11H11ClN4O. The molecule has 1 aromatic heterocycles. The predicted octanol–water partition coefficient (Wildman–Crippen LogP) is 2.46. The van der Waals surface area contributed by atoms with E-state index < -0.39 is 0 Å². The van der Waals surface area contributed by atoms with Crippen LogP contribution in [0.25, 0.3) is 0 Å². The Labute approximate surface area is 104 Å². The highest BCUT2D eigenvalue weighted by molar-refractivity contribution is 6.32. The summed E-state index contributed by atoms with van der Waals surface area (Å²) in [4.78, 5) is 7.99. The number of halogens is 1. The number of hydrogen-bond acceptors (Lipinski definition) is 5. The fourth-order valence-corrected chi connectivity index (χ4v) is 1.38. The summed E-state index contributed by atoms with van der Waals surface area (Å²) < 4.78 is 4.93. The Hall–Kier alpha value is -2.01. The van der Waals surface area contributed by atoms with Crippen LogP contribution in [0.2, 0.25) is 5.02 Å². The van der Waals surface area contributed by atoms with E-state index in [1.807, 2.05) is 12.1 Å². The lowest BCUT2D eigenvalue weighted by molar-refractivity contribution is 0.380. The first-order valence-corrected chi connectivity index (χ1v) is 5.26. The Morgan fingerprint density at radius 3 is 2.65 bits per heavy atom. The molecule has 0 spiro atoms. The minimum absolute atomic E-state index is 0.257. The summed E-state index contributed by atoms with van der Waals surface area (Å²) in [5.74, 6) is 0.489. The van der Waals surface area contributed by atoms with Crippen LogP contribution >= 0.6 is 11.6 Å². The Balaban J connectivity index is 2.25. The average molecular weight is 251 g/mol. The van der Waals surface area contributed by atoms with Crippen LogP contribution in [0, 0.1) is 0 Å². The third kappa shape index (κ3) is 2.76. The van der Waals surface area contributed by atoms with Crippen molar-refractivity contribution in [3.8, 4) is 6.01 Å². The number of nitrogens with two attached hydrogens (primary N) is 1. The van der Waals surface area contributed by atoms with Crippen LogP contribution in [0.15, 0.2) is 30.5 Å². The van der Waals surface area contributed by atoms with Gasteiger partial charge in [0, 0.05) is 11.4 Å². The maximum Gasteiger partial charge on any atom is 0.318 e. The number of nitrogen functional groups attached to an aromatic ring is 1. The van der Waals surface area contributed by atoms with Crippen LogP contribution in [0.1, 0.15) is 0 Å². The van der Waals surface area contributed by atoms with Crippen molar-refractivity contribution in [3.63, 3.8) is 0 Å². The molecule has 0 unspecified atom stereocenters. The SMILES string of the molecule is COc1ncc(Cl)c(Nc2ccc(N)cc2)n1. The van der Waals surface area contributed by atoms with Gasteiger partial charge in [-0.3, -0.25) is 0 Å². The average Bonchev–Trinajstić information content (AvgIpc) is 2.35. The Kier molecular flexibility index (Phi) is 3.30. The molecule has 1 heterocycles. The van der Waals surface area contributed by atoms with Crippen LogP contribution in [0.5, 0.6) is 6.01 Å². The molecule has 17 heavy (non-hydrogen) atoms. The van der Waals surface area contributed by atoms with E-state index in [1.54, 1.807) is 12.1 Å². The highest BCUT2D eigenvalue weighted by Gasteiger charge is 2.05. The van der Waals surface area contributed by atoms with Crippen LogP contribution in [-0.2, 0) is 0 Å². The molecule has 3 N–H and O–H groups in total. The first-order chi connectivity index (χ1) is 8.19. The van der Waals surface area contributed by atoms with Crippen molar-refractivity contribution in [1.29, 1.82) is 0 Å². The number of ether oxygens (including phenoxy) is 1. The number of anilines is 3. The molecular weight excluding hydrogens is 240 g/mol. The van der Waals surface area contributed by atoms with Gasteiger partial charge >= 0.3 is 6.01 Å². The number of methoxy groups -OCH3 is 1. The van der Waals surface area contributed by atoms with Crippen molar-refractivity contribution in [2.45, 2.75) is 0 Å². The molecule has 0 aliphatic rings. The van der Waals surface area contributed by atoms with E-state index in [4.69, 9.17) is 22.1 Å². The van der Waals surface area contributed by atoms with Gasteiger partial charge in [0.25, 0.3) is 0 Å². The lowest BCUT2D eigenvalue weighted by Crippen LogP contribution is -1.99. The van der Waals surface area contributed by atoms with Crippen LogP contribution in [-0.4, -0.2) is 17.1 Å². The van der Waals surface area contributed by atoms with Gasteiger partial charge in [-0.15, -0.1) is 0 Å². The third-order valence-electron chi connectivity index (χ3n) is 2.08. The molecule has 0 aliphatic carbocycles. The summed E-state index contributed by atoms with van der Waals surface area (Å²) in [6.45, 7) is 0. The monoisotopic (exact) mass is 250 g/mol. The van der Waals surface area contributed by atoms with Gasteiger partial charge in [-0.1, -0.05) is 11.6 Å². The summed E-state index contributed by atoms with van der Waals surface area (Å²) in [7, 11) is 1.50. The molecule has 0 radical (unpaired) electrons. The first-order valence-electron chi connectivity index (χ1n) is 4.88. The standard InChI is InChI=1S/C11H11ClN4O/c1-17-11-14-6-9(12)10(16-11)15-8-4-2-7(13)3-5-8/h2-6H,13H2,1H3,(H,14,15,16). The fraction of sp³-hybridized carbons (Fsp3) is 0.0909. The second-order valence-electron chi connectivity index (χ2n) is 3.30. The quantitative estimate of drug-likeness (QED) is 0.819. The predicted molar refractivity (Wildman–Crippen MR) is 67.7 cm³/mol. The molecule has 88 valence electrons. The molecule has 0 aliphatic heterocycles. The van der Waals surface area contributed by atoms with Gasteiger partial charge in [0.1, 0.15) is 5.02 Å². The maximum absolute atomic E-state index is 5.97. The molecule has 2 aromatic rings. The number of nitrogens with one attached hydrogen (secondary N) is 1. The van der Waals surface area contributed by atoms with Gasteiger partial charge in [-0.25, -0.2) is 4.98 Å². The number of rotatable bonds is 3. The highest BCUT2D eigenvalue weighted by atomic mass is 35.5. The van der Waals surface area contributed by atoms with Gasteiger partial charge < -0.3 is 15.8 Å². The number of benzene rings is 1. The molecule has 0 saturated heterocycles. The molecule has 5 nitrogen and oxygen atoms in total. The third-order valence-corrected chi connectivity index (χ3v) is 2.35. The molecule has 0 atom stereocenters. The summed E-state index contributed by atoms with van der Waals surface area (Å²) in [5, 5.41) is 3.47. The van der Waals surface area contributed by atoms with Crippen LogP contribution < -0.4 is 15.8 Å². The van der Waals surface area contributed by atoms with Crippen molar-refractivity contribution < 1.29 is 4.74 Å². The lowest BCUT2D eigenvalue weighted by Gasteiger charge is -2.08. The van der Waals surface area contributed by atoms with E-state index in [1.165, 1.54) is 13.3 Å². The van der Waals surface area contributed by atoms with Crippen LogP contribution in [0.4, 0.5) is 17.2 Å². The van der Waals surface area contributed by atoms with E-state index in [-0.39, 0.29) is 6.01 Å². The molecule has 6 heteroatoms. The smallest absolute Gasteiger partial charge is 0.318 e. The molecule has 2 rings (SSSR count). The van der Waals surface area contributed by atoms with E-state index in [0.717, 1.165) is 5.69 Å². The molecule has 0 saturated carbocycles. The Morgan fingerprint density at radius 1 is 1.29 bits per heavy atom. The zero-order chi connectivity index (χ0) is 12.3. The van der Waals surface area contributed by atoms with Crippen molar-refractivity contribution >= 4 is 28.8 Å². The van der Waals surface area contributed by atoms with Gasteiger partial charge in [0.15, 0.2) is 5.82 Å². The van der Waals surface area contributed by atoms with Crippen molar-refractivity contribution in [3.05, 3.63) is 35.5 Å². The summed E-state index contributed by atoms with van der Waals surface area (Å²) in [5.41, 5.74) is 7.13. The largest absolute Gasteiger partial charge is 0.467 e. The second-order valence-corrected chi connectivity index (χ2v) is 3.71. The van der Waals surface area contributed by atoms with Gasteiger partial charge in [0.2, 0.25) is 0 Å². The molecule has 0 bridgehead atoms. The maximum atomic E-state index is 5.97. The van der Waals surface area contributed by atoms with Gasteiger partial charge in [-0.2, -0.15) is 4.98 Å². The Morgan fingerprint density at radius 2 is 2.00 bits per heavy atom. The van der Waals surface area contributed by atoms with E-state index >= 15 is 0 Å². The van der Waals surface area contributed by atoms with Gasteiger partial charge in [-0.05, 0) is 24.3 Å². The van der Waals surface area contributed by atoms with Crippen molar-refractivity contribution in [2.24, 2.45) is 0 Å². The molecule has 0 fully saturated rings. The Bertz CT molecular complexity index is 515. The van der Waals surface area contributed by atoms with E-state index in [2.05, 4.69) is 15.3 Å². The molecule has 0 amide bonds. The summed E-state index contributed by atoms with van der Waals surface area (Å²) in [6, 6.07) is 7.50. The molecule has 1 aromatic carbocycles. The number of nitrogens with zero attached hydrogens (tertiary/aromatic N) is 2. The lowest BCUT2D eigenvalue weighted by atomic mass is 10.3.